The number of hydrogen-bond donors (Lipinski definition) is 1. The Hall–Kier alpha value is -1.42. The lowest BCUT2D eigenvalue weighted by Gasteiger charge is -2.06. The molecule has 17 heavy (non-hydrogen) atoms. The van der Waals surface area contributed by atoms with E-state index in [-0.39, 0.29) is 0 Å². The first-order valence-electron chi connectivity index (χ1n) is 6.08. The van der Waals surface area contributed by atoms with Crippen molar-refractivity contribution >= 4 is 12.2 Å². The Kier molecular flexibility index (Phi) is 2.81. The molecule has 0 spiro atoms. The van der Waals surface area contributed by atoms with Crippen molar-refractivity contribution in [3.63, 3.8) is 0 Å². The number of aromatic amines is 1. The van der Waals surface area contributed by atoms with Crippen LogP contribution in [0.2, 0.25) is 0 Å². The number of aromatic nitrogens is 3. The highest BCUT2D eigenvalue weighted by atomic mass is 32.1. The molecule has 2 aromatic rings. The molecule has 1 aliphatic rings. The predicted octanol–water partition coefficient (Wildman–Crippen LogP) is 3.59. The molecule has 4 heteroatoms. The van der Waals surface area contributed by atoms with Gasteiger partial charge in [0.05, 0.1) is 0 Å². The second-order valence-corrected chi connectivity index (χ2v) is 4.97. The van der Waals surface area contributed by atoms with Crippen molar-refractivity contribution in [2.24, 2.45) is 0 Å². The van der Waals surface area contributed by atoms with E-state index in [1.54, 1.807) is 6.20 Å². The summed E-state index contributed by atoms with van der Waals surface area (Å²) in [4.78, 5) is 4.31. The minimum atomic E-state index is 0.654. The van der Waals surface area contributed by atoms with E-state index >= 15 is 0 Å². The van der Waals surface area contributed by atoms with Gasteiger partial charge in [0.2, 0.25) is 0 Å². The van der Waals surface area contributed by atoms with Crippen LogP contribution in [-0.2, 0) is 0 Å². The Labute approximate surface area is 105 Å². The van der Waals surface area contributed by atoms with Gasteiger partial charge in [-0.15, -0.1) is 0 Å². The number of rotatable bonds is 2. The molecular weight excluding hydrogens is 230 g/mol. The van der Waals surface area contributed by atoms with E-state index < -0.39 is 0 Å². The molecule has 1 saturated carbocycles. The number of nitrogens with zero attached hydrogens (tertiary/aromatic N) is 2. The molecule has 3 nitrogen and oxygen atoms in total. The first-order chi connectivity index (χ1) is 8.34. The highest BCUT2D eigenvalue weighted by molar-refractivity contribution is 7.71. The third kappa shape index (κ3) is 2.05. The van der Waals surface area contributed by atoms with E-state index in [0.717, 1.165) is 10.5 Å². The lowest BCUT2D eigenvalue weighted by Crippen LogP contribution is -2.01. The fraction of sp³-hybridized carbons (Fsp3) is 0.385. The number of hydrogen-bond acceptors (Lipinski definition) is 2. The fourth-order valence-electron chi connectivity index (χ4n) is 2.52. The average molecular weight is 245 g/mol. The number of pyridine rings is 1. The normalized spacial score (nSPS) is 16.5. The summed E-state index contributed by atoms with van der Waals surface area (Å²) in [6.07, 6.45) is 7.00. The molecule has 2 heterocycles. The van der Waals surface area contributed by atoms with Gasteiger partial charge in [0.25, 0.3) is 0 Å². The summed E-state index contributed by atoms with van der Waals surface area (Å²) in [6.45, 7) is 0. The summed E-state index contributed by atoms with van der Waals surface area (Å²) in [5, 5.41) is 3.39. The summed E-state index contributed by atoms with van der Waals surface area (Å²) < 4.78 is 2.70. The van der Waals surface area contributed by atoms with Crippen molar-refractivity contribution in [2.75, 3.05) is 0 Å². The van der Waals surface area contributed by atoms with Crippen LogP contribution in [-0.4, -0.2) is 14.8 Å². The molecule has 1 N–H and O–H groups in total. The molecule has 0 saturated heterocycles. The molecule has 2 aromatic heterocycles. The van der Waals surface area contributed by atoms with Crippen molar-refractivity contribution in [3.8, 4) is 5.82 Å². The van der Waals surface area contributed by atoms with Gasteiger partial charge in [-0.05, 0) is 31.0 Å². The Morgan fingerprint density at radius 1 is 1.29 bits per heavy atom. The van der Waals surface area contributed by atoms with Gasteiger partial charge in [0, 0.05) is 17.8 Å². The predicted molar refractivity (Wildman–Crippen MR) is 70.0 cm³/mol. The third-order valence-electron chi connectivity index (χ3n) is 3.41. The van der Waals surface area contributed by atoms with Crippen LogP contribution in [0.1, 0.15) is 37.3 Å². The van der Waals surface area contributed by atoms with Crippen molar-refractivity contribution in [1.82, 2.24) is 14.8 Å². The molecule has 0 aromatic carbocycles. The van der Waals surface area contributed by atoms with E-state index in [9.17, 15) is 0 Å². The van der Waals surface area contributed by atoms with E-state index in [2.05, 4.69) is 16.1 Å². The highest BCUT2D eigenvalue weighted by Gasteiger charge is 2.19. The van der Waals surface area contributed by atoms with Gasteiger partial charge in [0.1, 0.15) is 4.64 Å². The Morgan fingerprint density at radius 3 is 2.82 bits per heavy atom. The maximum atomic E-state index is 5.38. The van der Waals surface area contributed by atoms with E-state index in [4.69, 9.17) is 12.2 Å². The largest absolute Gasteiger partial charge is 0.295 e. The molecule has 0 amide bonds. The average Bonchev–Trinajstić information content (AvgIpc) is 2.99. The van der Waals surface area contributed by atoms with E-state index in [1.807, 2.05) is 22.9 Å². The molecule has 3 rings (SSSR count). The van der Waals surface area contributed by atoms with Crippen molar-refractivity contribution in [1.29, 1.82) is 0 Å². The van der Waals surface area contributed by atoms with Gasteiger partial charge in [0.15, 0.2) is 5.82 Å². The smallest absolute Gasteiger partial charge is 0.152 e. The van der Waals surface area contributed by atoms with Crippen LogP contribution in [0.4, 0.5) is 0 Å². The van der Waals surface area contributed by atoms with Gasteiger partial charge in [-0.25, -0.2) is 9.67 Å². The fourth-order valence-corrected chi connectivity index (χ4v) is 2.78. The molecule has 88 valence electrons. The number of nitrogens with one attached hydrogen (secondary N) is 1. The van der Waals surface area contributed by atoms with Crippen LogP contribution < -0.4 is 0 Å². The van der Waals surface area contributed by atoms with Crippen LogP contribution in [0.3, 0.4) is 0 Å². The van der Waals surface area contributed by atoms with Crippen LogP contribution in [0.5, 0.6) is 0 Å². The lowest BCUT2D eigenvalue weighted by molar-refractivity contribution is 0.675. The van der Waals surface area contributed by atoms with Crippen LogP contribution >= 0.6 is 12.2 Å². The molecule has 0 aliphatic heterocycles. The first kappa shape index (κ1) is 10.7. The van der Waals surface area contributed by atoms with Gasteiger partial charge in [-0.2, -0.15) is 0 Å². The van der Waals surface area contributed by atoms with Crippen molar-refractivity contribution in [2.45, 2.75) is 31.6 Å². The number of H-pyrrole nitrogens is 1. The second-order valence-electron chi connectivity index (χ2n) is 4.55. The monoisotopic (exact) mass is 245 g/mol. The topological polar surface area (TPSA) is 33.6 Å². The minimum Gasteiger partial charge on any atom is -0.295 e. The highest BCUT2D eigenvalue weighted by Crippen LogP contribution is 2.33. The SMILES string of the molecule is S=c1cc(C2CCCC2)[nH]n1-c1ccccn1. The van der Waals surface area contributed by atoms with Crippen LogP contribution in [0, 0.1) is 4.64 Å². The zero-order valence-electron chi connectivity index (χ0n) is 9.60. The van der Waals surface area contributed by atoms with Gasteiger partial charge in [-0.1, -0.05) is 31.1 Å². The molecule has 0 atom stereocenters. The van der Waals surface area contributed by atoms with Gasteiger partial charge in [-0.3, -0.25) is 5.10 Å². The summed E-state index contributed by atoms with van der Waals surface area (Å²) in [7, 11) is 0. The maximum Gasteiger partial charge on any atom is 0.152 e. The molecular formula is C13H15N3S. The van der Waals surface area contributed by atoms with Crippen molar-refractivity contribution < 1.29 is 0 Å². The molecule has 1 fully saturated rings. The first-order valence-corrected chi connectivity index (χ1v) is 6.49. The van der Waals surface area contributed by atoms with Gasteiger partial charge >= 0.3 is 0 Å². The van der Waals surface area contributed by atoms with Crippen LogP contribution in [0.15, 0.2) is 30.5 Å². The lowest BCUT2D eigenvalue weighted by atomic mass is 10.1. The van der Waals surface area contributed by atoms with E-state index in [0.29, 0.717) is 5.92 Å². The summed E-state index contributed by atoms with van der Waals surface area (Å²) in [6, 6.07) is 7.93. The van der Waals surface area contributed by atoms with E-state index in [1.165, 1.54) is 31.4 Å². The molecule has 0 unspecified atom stereocenters. The Balaban J connectivity index is 1.99. The zero-order valence-corrected chi connectivity index (χ0v) is 10.4. The zero-order chi connectivity index (χ0) is 11.7. The standard InChI is InChI=1S/C13H15N3S/c17-13-9-11(10-5-1-2-6-10)15-16(13)12-7-3-4-8-14-12/h3-4,7-10,15H,1-2,5-6H2. The van der Waals surface area contributed by atoms with Crippen molar-refractivity contribution in [3.05, 3.63) is 40.8 Å². The molecule has 0 bridgehead atoms. The van der Waals surface area contributed by atoms with Gasteiger partial charge < -0.3 is 0 Å². The Bertz CT molecular complexity index is 550. The maximum absolute atomic E-state index is 5.38. The summed E-state index contributed by atoms with van der Waals surface area (Å²) >= 11 is 5.38. The third-order valence-corrected chi connectivity index (χ3v) is 3.71. The summed E-state index contributed by atoms with van der Waals surface area (Å²) in [5.74, 6) is 1.52. The molecule has 1 aliphatic carbocycles. The quantitative estimate of drug-likeness (QED) is 0.820. The molecule has 0 radical (unpaired) electrons. The second kappa shape index (κ2) is 4.45. The van der Waals surface area contributed by atoms with Crippen LogP contribution in [0.25, 0.3) is 5.82 Å². The summed E-state index contributed by atoms with van der Waals surface area (Å²) in [5.41, 5.74) is 1.26. The minimum absolute atomic E-state index is 0.654. The Morgan fingerprint density at radius 2 is 2.12 bits per heavy atom.